The molecule has 2 N–H and O–H groups in total. The molecule has 1 aromatic carbocycles. The third-order valence-electron chi connectivity index (χ3n) is 2.55. The van der Waals surface area contributed by atoms with Crippen molar-refractivity contribution in [1.82, 2.24) is 5.32 Å². The van der Waals surface area contributed by atoms with E-state index >= 15 is 0 Å². The second-order valence-electron chi connectivity index (χ2n) is 4.02. The van der Waals surface area contributed by atoms with Crippen LogP contribution in [0.4, 0.5) is 0 Å². The highest BCUT2D eigenvalue weighted by Gasteiger charge is 2.05. The van der Waals surface area contributed by atoms with Gasteiger partial charge >= 0.3 is 5.97 Å². The van der Waals surface area contributed by atoms with Gasteiger partial charge in [-0.15, -0.1) is 0 Å². The Bertz CT molecular complexity index is 414. The van der Waals surface area contributed by atoms with Crippen molar-refractivity contribution >= 4 is 11.9 Å². The van der Waals surface area contributed by atoms with Crippen molar-refractivity contribution in [3.05, 3.63) is 35.4 Å². The van der Waals surface area contributed by atoms with Crippen LogP contribution < -0.4 is 5.32 Å². The highest BCUT2D eigenvalue weighted by molar-refractivity contribution is 5.94. The largest absolute Gasteiger partial charge is 0.466 e. The second-order valence-corrected chi connectivity index (χ2v) is 4.02. The van der Waals surface area contributed by atoms with Crippen LogP contribution in [0.15, 0.2) is 24.3 Å². The van der Waals surface area contributed by atoms with Gasteiger partial charge in [-0.1, -0.05) is 12.1 Å². The van der Waals surface area contributed by atoms with Gasteiger partial charge in [-0.3, -0.25) is 9.59 Å². The van der Waals surface area contributed by atoms with Crippen LogP contribution in [0.25, 0.3) is 0 Å². The van der Waals surface area contributed by atoms with Crippen LogP contribution >= 0.6 is 0 Å². The molecule has 0 bridgehead atoms. The molecule has 1 aromatic rings. The number of aliphatic hydroxyl groups is 1. The molecule has 0 unspecified atom stereocenters. The number of ether oxygens (including phenoxy) is 1. The predicted octanol–water partition coefficient (Wildman–Crippen LogP) is 1.25. The van der Waals surface area contributed by atoms with Gasteiger partial charge in [0.1, 0.15) is 0 Å². The zero-order chi connectivity index (χ0) is 14.1. The van der Waals surface area contributed by atoms with Crippen LogP contribution in [0.3, 0.4) is 0 Å². The smallest absolute Gasteiger partial charge is 0.305 e. The summed E-state index contributed by atoms with van der Waals surface area (Å²) in [4.78, 5) is 22.8. The van der Waals surface area contributed by atoms with Gasteiger partial charge < -0.3 is 15.2 Å². The summed E-state index contributed by atoms with van der Waals surface area (Å²) < 4.78 is 4.78. The zero-order valence-electron chi connectivity index (χ0n) is 11.0. The lowest BCUT2D eigenvalue weighted by Crippen LogP contribution is -2.25. The topological polar surface area (TPSA) is 75.6 Å². The Kier molecular flexibility index (Phi) is 6.60. The first-order chi connectivity index (χ1) is 9.17. The Morgan fingerprint density at radius 3 is 2.53 bits per heavy atom. The molecule has 0 spiro atoms. The van der Waals surface area contributed by atoms with Gasteiger partial charge in [-0.05, 0) is 31.0 Å². The van der Waals surface area contributed by atoms with Crippen molar-refractivity contribution < 1.29 is 19.4 Å². The molecular weight excluding hydrogens is 246 g/mol. The Morgan fingerprint density at radius 1 is 1.26 bits per heavy atom. The summed E-state index contributed by atoms with van der Waals surface area (Å²) in [7, 11) is 0. The van der Waals surface area contributed by atoms with E-state index in [-0.39, 0.29) is 18.5 Å². The number of carbonyl (C=O) groups is 2. The minimum atomic E-state index is -0.246. The predicted molar refractivity (Wildman–Crippen MR) is 70.6 cm³/mol. The Labute approximate surface area is 112 Å². The maximum atomic E-state index is 11.7. The minimum Gasteiger partial charge on any atom is -0.466 e. The Balaban J connectivity index is 2.29. The quantitative estimate of drug-likeness (QED) is 0.574. The summed E-state index contributed by atoms with van der Waals surface area (Å²) in [5.74, 6) is -0.433. The highest BCUT2D eigenvalue weighted by atomic mass is 16.5. The summed E-state index contributed by atoms with van der Waals surface area (Å²) in [6, 6.07) is 6.72. The molecule has 5 heteroatoms. The summed E-state index contributed by atoms with van der Waals surface area (Å²) in [6.07, 6.45) is 0.858. The first-order valence-corrected chi connectivity index (χ1v) is 6.31. The van der Waals surface area contributed by atoms with E-state index < -0.39 is 0 Å². The van der Waals surface area contributed by atoms with Crippen LogP contribution in [0, 0.1) is 0 Å². The van der Waals surface area contributed by atoms with Crippen molar-refractivity contribution in [2.45, 2.75) is 26.4 Å². The maximum absolute atomic E-state index is 11.7. The number of benzene rings is 1. The lowest BCUT2D eigenvalue weighted by Gasteiger charge is -2.05. The molecule has 0 aliphatic rings. The van der Waals surface area contributed by atoms with Gasteiger partial charge in [0.15, 0.2) is 0 Å². The Morgan fingerprint density at radius 2 is 1.95 bits per heavy atom. The van der Waals surface area contributed by atoms with E-state index in [1.165, 1.54) is 0 Å². The molecule has 5 nitrogen and oxygen atoms in total. The monoisotopic (exact) mass is 265 g/mol. The van der Waals surface area contributed by atoms with Crippen LogP contribution in [-0.4, -0.2) is 30.1 Å². The zero-order valence-corrected chi connectivity index (χ0v) is 11.0. The summed E-state index contributed by atoms with van der Waals surface area (Å²) in [6.45, 7) is 2.53. The second kappa shape index (κ2) is 8.26. The van der Waals surface area contributed by atoms with E-state index in [4.69, 9.17) is 9.84 Å². The molecule has 0 atom stereocenters. The molecule has 0 radical (unpaired) electrons. The van der Waals surface area contributed by atoms with E-state index in [0.717, 1.165) is 5.56 Å². The molecular formula is C14H19NO4. The molecule has 19 heavy (non-hydrogen) atoms. The lowest BCUT2D eigenvalue weighted by atomic mass is 10.1. The highest BCUT2D eigenvalue weighted by Crippen LogP contribution is 2.04. The van der Waals surface area contributed by atoms with Crippen molar-refractivity contribution in [2.75, 3.05) is 13.2 Å². The van der Waals surface area contributed by atoms with E-state index in [9.17, 15) is 9.59 Å². The van der Waals surface area contributed by atoms with Gasteiger partial charge in [0, 0.05) is 18.5 Å². The van der Waals surface area contributed by atoms with Crippen LogP contribution in [0.2, 0.25) is 0 Å². The first kappa shape index (κ1) is 15.2. The molecule has 1 rings (SSSR count). The number of carbonyl (C=O) groups excluding carboxylic acids is 2. The van der Waals surface area contributed by atoms with Crippen molar-refractivity contribution in [1.29, 1.82) is 0 Å². The lowest BCUT2D eigenvalue weighted by molar-refractivity contribution is -0.143. The first-order valence-electron chi connectivity index (χ1n) is 6.31. The number of hydrogen-bond acceptors (Lipinski definition) is 4. The summed E-state index contributed by atoms with van der Waals surface area (Å²) >= 11 is 0. The third kappa shape index (κ3) is 5.52. The van der Waals surface area contributed by atoms with Crippen LogP contribution in [0.1, 0.15) is 35.7 Å². The molecule has 0 aliphatic heterocycles. The van der Waals surface area contributed by atoms with E-state index in [1.807, 2.05) is 0 Å². The SMILES string of the molecule is CCOC(=O)CCCNC(=O)c1ccc(CO)cc1. The van der Waals surface area contributed by atoms with Gasteiger partial charge in [0.25, 0.3) is 5.91 Å². The van der Waals surface area contributed by atoms with Crippen LogP contribution in [-0.2, 0) is 16.1 Å². The number of nitrogens with one attached hydrogen (secondary N) is 1. The van der Waals surface area contributed by atoms with Crippen molar-refractivity contribution in [3.63, 3.8) is 0 Å². The molecule has 0 saturated carbocycles. The molecule has 104 valence electrons. The van der Waals surface area contributed by atoms with Crippen molar-refractivity contribution in [2.24, 2.45) is 0 Å². The summed E-state index contributed by atoms with van der Waals surface area (Å²) in [5.41, 5.74) is 1.30. The molecule has 0 aromatic heterocycles. The number of amides is 1. The van der Waals surface area contributed by atoms with Gasteiger partial charge in [-0.2, -0.15) is 0 Å². The van der Waals surface area contributed by atoms with E-state index in [2.05, 4.69) is 5.32 Å². The average molecular weight is 265 g/mol. The maximum Gasteiger partial charge on any atom is 0.305 e. The van der Waals surface area contributed by atoms with Crippen LogP contribution in [0.5, 0.6) is 0 Å². The normalized spacial score (nSPS) is 10.0. The van der Waals surface area contributed by atoms with E-state index in [1.54, 1.807) is 31.2 Å². The molecule has 0 heterocycles. The summed E-state index contributed by atoms with van der Waals surface area (Å²) in [5, 5.41) is 11.6. The number of hydrogen-bond donors (Lipinski definition) is 2. The van der Waals surface area contributed by atoms with E-state index in [0.29, 0.717) is 31.6 Å². The molecule has 1 amide bonds. The fraction of sp³-hybridized carbons (Fsp3) is 0.429. The van der Waals surface area contributed by atoms with Crippen molar-refractivity contribution in [3.8, 4) is 0 Å². The Hall–Kier alpha value is -1.88. The average Bonchev–Trinajstić information content (AvgIpc) is 2.44. The minimum absolute atomic E-state index is 0.0402. The van der Waals surface area contributed by atoms with Gasteiger partial charge in [0.2, 0.25) is 0 Å². The fourth-order valence-electron chi connectivity index (χ4n) is 1.53. The number of esters is 1. The third-order valence-corrected chi connectivity index (χ3v) is 2.55. The number of rotatable bonds is 7. The molecule has 0 aliphatic carbocycles. The molecule has 0 saturated heterocycles. The molecule has 0 fully saturated rings. The van der Waals surface area contributed by atoms with Gasteiger partial charge in [-0.25, -0.2) is 0 Å². The number of aliphatic hydroxyl groups excluding tert-OH is 1. The van der Waals surface area contributed by atoms with Gasteiger partial charge in [0.05, 0.1) is 13.2 Å². The fourth-order valence-corrected chi connectivity index (χ4v) is 1.53. The standard InChI is InChI=1S/C14H19NO4/c1-2-19-13(17)4-3-9-15-14(18)12-7-5-11(10-16)6-8-12/h5-8,16H,2-4,9-10H2,1H3,(H,15,18).